The van der Waals surface area contributed by atoms with Crippen LogP contribution in [-0.4, -0.2) is 77.6 Å². The molecule has 1 aromatic carbocycles. The summed E-state index contributed by atoms with van der Waals surface area (Å²) in [6, 6.07) is 12.8. The maximum Gasteiger partial charge on any atom is 0.407 e. The van der Waals surface area contributed by atoms with Crippen molar-refractivity contribution in [1.82, 2.24) is 20.3 Å². The van der Waals surface area contributed by atoms with Crippen LogP contribution in [0.2, 0.25) is 0 Å². The van der Waals surface area contributed by atoms with Crippen molar-refractivity contribution in [2.24, 2.45) is 0 Å². The van der Waals surface area contributed by atoms with Gasteiger partial charge < -0.3 is 35.4 Å². The maximum atomic E-state index is 12.3. The Morgan fingerprint density at radius 1 is 1.07 bits per heavy atom. The molecule has 1 fully saturated rings. The summed E-state index contributed by atoms with van der Waals surface area (Å²) in [4.78, 5) is 40.6. The van der Waals surface area contributed by atoms with Crippen molar-refractivity contribution in [3.05, 3.63) is 70.7 Å². The van der Waals surface area contributed by atoms with E-state index in [2.05, 4.69) is 38.0 Å². The van der Waals surface area contributed by atoms with Crippen LogP contribution >= 0.6 is 0 Å². The summed E-state index contributed by atoms with van der Waals surface area (Å²) in [6.45, 7) is 6.88. The Kier molecular flexibility index (Phi) is 10.4. The number of hydrogen-bond acceptors (Lipinski definition) is 10. The van der Waals surface area contributed by atoms with Crippen LogP contribution in [0.3, 0.4) is 0 Å². The number of pyridine rings is 1. The summed E-state index contributed by atoms with van der Waals surface area (Å²) < 4.78 is 10.6. The summed E-state index contributed by atoms with van der Waals surface area (Å²) in [5.74, 6) is 2.17. The number of carbonyl (C=O) groups is 2. The molecule has 0 aliphatic carbocycles. The molecule has 1 saturated heterocycles. The standard InChI is InChI=1S/C32H41N7O5/c1-21-28(34-19-27(31(40)41)38-32(42)44-18-17-43-20-23-7-4-3-5-8-23)35-22(2)36-30(21)39-15-12-24(13-16-39)26-11-10-25-9-6-14-33-29(25)37-26/h3-5,7-8,10-11,24,27H,6,9,12-20H2,1-2H3,(H,33,37)(H,38,42)(H,40,41)(H,34,35,36)/t27-/m0/s1. The van der Waals surface area contributed by atoms with E-state index < -0.39 is 18.1 Å². The summed E-state index contributed by atoms with van der Waals surface area (Å²) in [5.41, 5.74) is 4.27. The highest BCUT2D eigenvalue weighted by molar-refractivity contribution is 5.80. The van der Waals surface area contributed by atoms with Gasteiger partial charge in [0.25, 0.3) is 0 Å². The van der Waals surface area contributed by atoms with Crippen LogP contribution in [0.5, 0.6) is 0 Å². The molecule has 2 aliphatic rings. The molecule has 0 unspecified atom stereocenters. The number of hydrogen-bond donors (Lipinski definition) is 4. The average Bonchev–Trinajstić information content (AvgIpc) is 3.04. The summed E-state index contributed by atoms with van der Waals surface area (Å²) in [5, 5.41) is 18.7. The van der Waals surface area contributed by atoms with Gasteiger partial charge >= 0.3 is 12.1 Å². The summed E-state index contributed by atoms with van der Waals surface area (Å²) >= 11 is 0. The fourth-order valence-corrected chi connectivity index (χ4v) is 5.59. The topological polar surface area (TPSA) is 151 Å². The molecule has 12 heteroatoms. The Hall–Kier alpha value is -4.45. The lowest BCUT2D eigenvalue weighted by molar-refractivity contribution is -0.139. The van der Waals surface area contributed by atoms with Gasteiger partial charge in [-0.15, -0.1) is 0 Å². The van der Waals surface area contributed by atoms with Gasteiger partial charge in [0.05, 0.1) is 13.2 Å². The van der Waals surface area contributed by atoms with Crippen molar-refractivity contribution in [2.45, 2.75) is 58.1 Å². The van der Waals surface area contributed by atoms with Crippen molar-refractivity contribution in [2.75, 3.05) is 54.9 Å². The number of aromatic nitrogens is 3. The molecule has 1 amide bonds. The van der Waals surface area contributed by atoms with Crippen molar-refractivity contribution < 1.29 is 24.2 Å². The number of piperidine rings is 1. The van der Waals surface area contributed by atoms with E-state index in [0.29, 0.717) is 24.2 Å². The molecule has 44 heavy (non-hydrogen) atoms. The van der Waals surface area contributed by atoms with Crippen LogP contribution in [-0.2, 0) is 27.3 Å². The predicted molar refractivity (Wildman–Crippen MR) is 167 cm³/mol. The van der Waals surface area contributed by atoms with Crippen molar-refractivity contribution in [3.63, 3.8) is 0 Å². The van der Waals surface area contributed by atoms with Crippen LogP contribution < -0.4 is 20.9 Å². The van der Waals surface area contributed by atoms with E-state index in [9.17, 15) is 14.7 Å². The first-order valence-corrected chi connectivity index (χ1v) is 15.2. The number of benzene rings is 1. The summed E-state index contributed by atoms with van der Waals surface area (Å²) in [6.07, 6.45) is 3.32. The smallest absolute Gasteiger partial charge is 0.407 e. The van der Waals surface area contributed by atoms with Gasteiger partial charge in [-0.3, -0.25) is 0 Å². The molecule has 0 bridgehead atoms. The highest BCUT2D eigenvalue weighted by Gasteiger charge is 2.26. The second-order valence-corrected chi connectivity index (χ2v) is 11.2. The van der Waals surface area contributed by atoms with Crippen molar-refractivity contribution in [3.8, 4) is 0 Å². The second kappa shape index (κ2) is 14.8. The monoisotopic (exact) mass is 603 g/mol. The zero-order chi connectivity index (χ0) is 30.9. The number of aryl methyl sites for hydroxylation is 2. The largest absolute Gasteiger partial charge is 0.480 e. The SMILES string of the molecule is Cc1nc(NC[C@H](NC(=O)OCCOCc2ccccc2)C(=O)O)c(C)c(N2CCC(c3ccc4c(n3)NCCC4)CC2)n1. The molecular formula is C32H41N7O5. The van der Waals surface area contributed by atoms with Crippen LogP contribution in [0.1, 0.15) is 53.4 Å². The van der Waals surface area contributed by atoms with E-state index >= 15 is 0 Å². The van der Waals surface area contributed by atoms with Gasteiger partial charge in [0.1, 0.15) is 35.9 Å². The van der Waals surface area contributed by atoms with Gasteiger partial charge in [-0.1, -0.05) is 36.4 Å². The lowest BCUT2D eigenvalue weighted by Crippen LogP contribution is -2.46. The van der Waals surface area contributed by atoms with E-state index in [1.54, 1.807) is 0 Å². The van der Waals surface area contributed by atoms with Crippen molar-refractivity contribution >= 4 is 29.5 Å². The molecule has 2 aromatic heterocycles. The number of amides is 1. The minimum Gasteiger partial charge on any atom is -0.480 e. The minimum absolute atomic E-state index is 0.00211. The molecular weight excluding hydrogens is 562 g/mol. The first-order chi connectivity index (χ1) is 21.4. The molecule has 12 nitrogen and oxygen atoms in total. The van der Waals surface area contributed by atoms with E-state index in [1.807, 2.05) is 44.2 Å². The number of carboxylic acids is 1. The normalized spacial score (nSPS) is 15.5. The molecule has 0 spiro atoms. The molecule has 2 aliphatic heterocycles. The Morgan fingerprint density at radius 2 is 1.86 bits per heavy atom. The van der Waals surface area contributed by atoms with E-state index in [0.717, 1.165) is 73.8 Å². The van der Waals surface area contributed by atoms with Crippen LogP contribution in [0.15, 0.2) is 42.5 Å². The predicted octanol–water partition coefficient (Wildman–Crippen LogP) is 4.04. The molecule has 5 rings (SSSR count). The number of nitrogens with zero attached hydrogens (tertiary/aromatic N) is 4. The maximum absolute atomic E-state index is 12.3. The van der Waals surface area contributed by atoms with Crippen LogP contribution in [0.25, 0.3) is 0 Å². The van der Waals surface area contributed by atoms with Crippen LogP contribution in [0, 0.1) is 13.8 Å². The number of carbonyl (C=O) groups excluding carboxylic acids is 1. The molecule has 3 aromatic rings. The summed E-state index contributed by atoms with van der Waals surface area (Å²) in [7, 11) is 0. The fourth-order valence-electron chi connectivity index (χ4n) is 5.59. The van der Waals surface area contributed by atoms with Crippen molar-refractivity contribution in [1.29, 1.82) is 0 Å². The zero-order valence-corrected chi connectivity index (χ0v) is 25.3. The number of carboxylic acid groups (broad SMARTS) is 1. The number of alkyl carbamates (subject to hydrolysis) is 1. The van der Waals surface area contributed by atoms with Gasteiger partial charge in [-0.05, 0) is 56.7 Å². The zero-order valence-electron chi connectivity index (χ0n) is 25.3. The van der Waals surface area contributed by atoms with Gasteiger partial charge in [0.15, 0.2) is 0 Å². The number of fused-ring (bicyclic) bond motifs is 1. The molecule has 0 saturated carbocycles. The van der Waals surface area contributed by atoms with Gasteiger partial charge in [0.2, 0.25) is 0 Å². The third-order valence-corrected chi connectivity index (χ3v) is 8.00. The highest BCUT2D eigenvalue weighted by atomic mass is 16.6. The Labute approximate surface area is 257 Å². The first kappa shape index (κ1) is 31.0. The third kappa shape index (κ3) is 8.13. The van der Waals surface area contributed by atoms with E-state index in [-0.39, 0.29) is 19.8 Å². The van der Waals surface area contributed by atoms with Crippen LogP contribution in [0.4, 0.5) is 22.2 Å². The molecule has 4 heterocycles. The van der Waals surface area contributed by atoms with Gasteiger partial charge in [-0.25, -0.2) is 24.5 Å². The third-order valence-electron chi connectivity index (χ3n) is 8.00. The quantitative estimate of drug-likeness (QED) is 0.222. The average molecular weight is 604 g/mol. The van der Waals surface area contributed by atoms with Gasteiger partial charge in [0, 0.05) is 43.4 Å². The minimum atomic E-state index is -1.22. The molecule has 234 valence electrons. The van der Waals surface area contributed by atoms with E-state index in [4.69, 9.17) is 19.4 Å². The number of ether oxygens (including phenoxy) is 2. The molecule has 1 atom stereocenters. The Balaban J connectivity index is 1.11. The number of nitrogens with one attached hydrogen (secondary N) is 3. The first-order valence-electron chi connectivity index (χ1n) is 15.2. The molecule has 0 radical (unpaired) electrons. The lowest BCUT2D eigenvalue weighted by atomic mass is 9.92. The highest BCUT2D eigenvalue weighted by Crippen LogP contribution is 2.33. The lowest BCUT2D eigenvalue weighted by Gasteiger charge is -2.34. The number of rotatable bonds is 12. The molecule has 4 N–H and O–H groups in total. The fraction of sp³-hybridized carbons (Fsp3) is 0.469. The van der Waals surface area contributed by atoms with Gasteiger partial charge in [-0.2, -0.15) is 0 Å². The second-order valence-electron chi connectivity index (χ2n) is 11.2. The Bertz CT molecular complexity index is 1430. The van der Waals surface area contributed by atoms with E-state index in [1.165, 1.54) is 5.56 Å². The Morgan fingerprint density at radius 3 is 2.64 bits per heavy atom. The number of aliphatic carboxylic acids is 1. The number of anilines is 3.